The number of H-pyrrole nitrogens is 1. The smallest absolute Gasteiger partial charge is 0.200 e. The number of para-hydroxylation sites is 1. The molecule has 0 aliphatic heterocycles. The zero-order chi connectivity index (χ0) is 20.0. The minimum absolute atomic E-state index is 0.354. The quantitative estimate of drug-likeness (QED) is 0.351. The fourth-order valence-electron chi connectivity index (χ4n) is 3.43. The Balaban J connectivity index is 1.66. The second kappa shape index (κ2) is 6.49. The van der Waals surface area contributed by atoms with Gasteiger partial charge in [0.15, 0.2) is 23.1 Å². The molecular formula is C22H16N4O3. The second-order valence-corrected chi connectivity index (χ2v) is 6.84. The van der Waals surface area contributed by atoms with Crippen LogP contribution in [0.2, 0.25) is 0 Å². The lowest BCUT2D eigenvalue weighted by atomic mass is 10.0. The van der Waals surface area contributed by atoms with Crippen molar-refractivity contribution >= 4 is 21.8 Å². The van der Waals surface area contributed by atoms with Gasteiger partial charge in [-0.2, -0.15) is 5.10 Å². The van der Waals surface area contributed by atoms with Crippen molar-refractivity contribution < 1.29 is 15.3 Å². The average Bonchev–Trinajstić information content (AvgIpc) is 3.19. The van der Waals surface area contributed by atoms with Crippen LogP contribution in [0.4, 0.5) is 0 Å². The first kappa shape index (κ1) is 17.0. The van der Waals surface area contributed by atoms with Gasteiger partial charge < -0.3 is 15.3 Å². The summed E-state index contributed by atoms with van der Waals surface area (Å²) in [6, 6.07) is 16.4. The predicted octanol–water partition coefficient (Wildman–Crippen LogP) is 3.88. The fraction of sp³-hybridized carbons (Fsp3) is 0.0455. The number of rotatable bonds is 3. The van der Waals surface area contributed by atoms with Gasteiger partial charge in [0.2, 0.25) is 0 Å². The van der Waals surface area contributed by atoms with Crippen LogP contribution in [0.3, 0.4) is 0 Å². The number of aromatic hydroxyl groups is 3. The first-order valence-electron chi connectivity index (χ1n) is 9.01. The highest BCUT2D eigenvalue weighted by Gasteiger charge is 2.14. The van der Waals surface area contributed by atoms with Gasteiger partial charge in [0, 0.05) is 22.8 Å². The average molecular weight is 384 g/mol. The maximum absolute atomic E-state index is 9.87. The summed E-state index contributed by atoms with van der Waals surface area (Å²) in [6.45, 7) is 0. The number of aromatic amines is 1. The first-order chi connectivity index (χ1) is 14.1. The van der Waals surface area contributed by atoms with E-state index in [0.29, 0.717) is 17.8 Å². The molecule has 0 fully saturated rings. The molecule has 7 nitrogen and oxygen atoms in total. The standard InChI is InChI=1S/C22H16N4O3/c27-19-9-14(10-20(28)21(19)29)22-24-16-4-2-1-3-15(16)18(25-22)8-12-5-6-13-11-23-26-17(13)7-12/h1-7,9-11,27-29H,8H2,(H,23,26). The van der Waals surface area contributed by atoms with Gasteiger partial charge in [0.1, 0.15) is 0 Å². The Morgan fingerprint density at radius 1 is 0.862 bits per heavy atom. The van der Waals surface area contributed by atoms with Crippen LogP contribution in [-0.4, -0.2) is 35.5 Å². The lowest BCUT2D eigenvalue weighted by molar-refractivity contribution is 0.368. The van der Waals surface area contributed by atoms with Crippen molar-refractivity contribution in [2.24, 2.45) is 0 Å². The Hall–Kier alpha value is -4.13. The van der Waals surface area contributed by atoms with Crippen LogP contribution >= 0.6 is 0 Å². The molecule has 0 bridgehead atoms. The maximum Gasteiger partial charge on any atom is 0.200 e. The molecule has 0 unspecified atom stereocenters. The molecular weight excluding hydrogens is 368 g/mol. The first-order valence-corrected chi connectivity index (χ1v) is 9.01. The minimum Gasteiger partial charge on any atom is -0.504 e. The molecule has 5 rings (SSSR count). The molecule has 0 radical (unpaired) electrons. The predicted molar refractivity (Wildman–Crippen MR) is 109 cm³/mol. The van der Waals surface area contributed by atoms with Crippen LogP contribution < -0.4 is 0 Å². The molecule has 0 aliphatic rings. The van der Waals surface area contributed by atoms with Crippen LogP contribution in [0.5, 0.6) is 17.2 Å². The molecule has 0 amide bonds. The van der Waals surface area contributed by atoms with E-state index in [1.807, 2.05) is 42.5 Å². The van der Waals surface area contributed by atoms with Gasteiger partial charge in [-0.25, -0.2) is 9.97 Å². The summed E-state index contributed by atoms with van der Waals surface area (Å²) in [5.41, 5.74) is 4.00. The summed E-state index contributed by atoms with van der Waals surface area (Å²) in [5.74, 6) is -1.07. The Bertz CT molecular complexity index is 1350. The van der Waals surface area contributed by atoms with Crippen molar-refractivity contribution in [1.82, 2.24) is 20.2 Å². The number of phenolic OH excluding ortho intramolecular Hbond substituents is 3. The SMILES string of the molecule is Oc1cc(-c2nc(Cc3ccc4cn[nH]c4c3)c3ccccc3n2)cc(O)c1O. The van der Waals surface area contributed by atoms with Crippen LogP contribution in [0.25, 0.3) is 33.2 Å². The second-order valence-electron chi connectivity index (χ2n) is 6.84. The highest BCUT2D eigenvalue weighted by atomic mass is 16.3. The van der Waals surface area contributed by atoms with E-state index in [1.54, 1.807) is 6.20 Å². The van der Waals surface area contributed by atoms with Gasteiger partial charge in [-0.1, -0.05) is 30.3 Å². The summed E-state index contributed by atoms with van der Waals surface area (Å²) < 4.78 is 0. The molecule has 2 aromatic heterocycles. The molecule has 3 aromatic carbocycles. The van der Waals surface area contributed by atoms with Gasteiger partial charge in [-0.15, -0.1) is 0 Å². The third-order valence-electron chi connectivity index (χ3n) is 4.89. The third-order valence-corrected chi connectivity index (χ3v) is 4.89. The van der Waals surface area contributed by atoms with Crippen LogP contribution in [0.1, 0.15) is 11.3 Å². The van der Waals surface area contributed by atoms with Crippen LogP contribution in [-0.2, 0) is 6.42 Å². The Morgan fingerprint density at radius 3 is 2.48 bits per heavy atom. The van der Waals surface area contributed by atoms with E-state index in [2.05, 4.69) is 15.2 Å². The van der Waals surface area contributed by atoms with Crippen molar-refractivity contribution in [1.29, 1.82) is 0 Å². The zero-order valence-electron chi connectivity index (χ0n) is 15.2. The molecule has 142 valence electrons. The third kappa shape index (κ3) is 2.98. The molecule has 0 saturated carbocycles. The minimum atomic E-state index is -0.567. The fourth-order valence-corrected chi connectivity index (χ4v) is 3.43. The van der Waals surface area contributed by atoms with Gasteiger partial charge in [-0.05, 0) is 29.8 Å². The summed E-state index contributed by atoms with van der Waals surface area (Å²) in [5, 5.41) is 38.3. The molecule has 4 N–H and O–H groups in total. The highest BCUT2D eigenvalue weighted by molar-refractivity contribution is 5.84. The van der Waals surface area contributed by atoms with E-state index in [-0.39, 0.29) is 0 Å². The number of aromatic nitrogens is 4. The summed E-state index contributed by atoms with van der Waals surface area (Å²) in [4.78, 5) is 9.28. The maximum atomic E-state index is 9.87. The monoisotopic (exact) mass is 384 g/mol. The zero-order valence-corrected chi connectivity index (χ0v) is 15.2. The van der Waals surface area contributed by atoms with E-state index >= 15 is 0 Å². The van der Waals surface area contributed by atoms with Crippen molar-refractivity contribution in [2.75, 3.05) is 0 Å². The van der Waals surface area contributed by atoms with Gasteiger partial charge in [-0.3, -0.25) is 5.10 Å². The summed E-state index contributed by atoms with van der Waals surface area (Å²) >= 11 is 0. The molecule has 0 saturated heterocycles. The molecule has 29 heavy (non-hydrogen) atoms. The Kier molecular flexibility index (Phi) is 3.80. The van der Waals surface area contributed by atoms with Gasteiger partial charge in [0.25, 0.3) is 0 Å². The number of nitrogens with zero attached hydrogens (tertiary/aromatic N) is 3. The Labute approximate surface area is 164 Å². The number of nitrogens with one attached hydrogen (secondary N) is 1. The van der Waals surface area contributed by atoms with E-state index in [9.17, 15) is 15.3 Å². The number of phenols is 3. The number of fused-ring (bicyclic) bond motifs is 2. The summed E-state index contributed by atoms with van der Waals surface area (Å²) in [7, 11) is 0. The molecule has 0 atom stereocenters. The topological polar surface area (TPSA) is 115 Å². The largest absolute Gasteiger partial charge is 0.504 e. The van der Waals surface area contributed by atoms with Gasteiger partial charge >= 0.3 is 0 Å². The Morgan fingerprint density at radius 2 is 1.66 bits per heavy atom. The molecule has 0 spiro atoms. The van der Waals surface area contributed by atoms with E-state index in [0.717, 1.165) is 33.1 Å². The van der Waals surface area contributed by atoms with Gasteiger partial charge in [0.05, 0.1) is 22.9 Å². The van der Waals surface area contributed by atoms with Crippen molar-refractivity contribution in [3.63, 3.8) is 0 Å². The lowest BCUT2D eigenvalue weighted by Gasteiger charge is -2.10. The van der Waals surface area contributed by atoms with Crippen molar-refractivity contribution in [3.8, 4) is 28.6 Å². The number of benzene rings is 3. The lowest BCUT2D eigenvalue weighted by Crippen LogP contribution is -1.99. The van der Waals surface area contributed by atoms with Crippen LogP contribution in [0.15, 0.2) is 60.8 Å². The molecule has 2 heterocycles. The van der Waals surface area contributed by atoms with E-state index < -0.39 is 17.2 Å². The van der Waals surface area contributed by atoms with Crippen LogP contribution in [0, 0.1) is 0 Å². The number of hydrogen-bond donors (Lipinski definition) is 4. The normalized spacial score (nSPS) is 11.3. The van der Waals surface area contributed by atoms with E-state index in [4.69, 9.17) is 4.98 Å². The number of hydrogen-bond acceptors (Lipinski definition) is 6. The highest BCUT2D eigenvalue weighted by Crippen LogP contribution is 2.38. The molecule has 5 aromatic rings. The van der Waals surface area contributed by atoms with E-state index in [1.165, 1.54) is 12.1 Å². The van der Waals surface area contributed by atoms with Crippen molar-refractivity contribution in [2.45, 2.75) is 6.42 Å². The molecule has 0 aliphatic carbocycles. The molecule has 7 heteroatoms. The van der Waals surface area contributed by atoms with Crippen molar-refractivity contribution in [3.05, 3.63) is 72.1 Å². The summed E-state index contributed by atoms with van der Waals surface area (Å²) in [6.07, 6.45) is 2.35.